The maximum Gasteiger partial charge on any atom is 0.309 e. The first-order valence-electron chi connectivity index (χ1n) is 9.49. The average molecular weight is 467 g/mol. The second-order valence-electron chi connectivity index (χ2n) is 6.96. The number of primary amides is 1. The summed E-state index contributed by atoms with van der Waals surface area (Å²) in [7, 11) is -3.67. The van der Waals surface area contributed by atoms with E-state index in [1.165, 1.54) is 35.8 Å². The largest absolute Gasteiger partial charge is 0.452 e. The number of sulfonamides is 1. The molecule has 10 nitrogen and oxygen atoms in total. The lowest BCUT2D eigenvalue weighted by molar-refractivity contribution is -0.158. The van der Waals surface area contributed by atoms with Gasteiger partial charge in [0.2, 0.25) is 10.0 Å². The molecule has 3 N–H and O–H groups in total. The van der Waals surface area contributed by atoms with Crippen molar-refractivity contribution in [3.63, 3.8) is 0 Å². The number of hydrogen-bond acceptors (Lipinski definition) is 8. The summed E-state index contributed by atoms with van der Waals surface area (Å²) in [5, 5.41) is 4.43. The number of aromatic nitrogens is 1. The van der Waals surface area contributed by atoms with Gasteiger partial charge < -0.3 is 15.8 Å². The highest BCUT2D eigenvalue weighted by Crippen LogP contribution is 2.25. The molecule has 1 saturated heterocycles. The van der Waals surface area contributed by atoms with Gasteiger partial charge in [-0.25, -0.2) is 8.42 Å². The van der Waals surface area contributed by atoms with Gasteiger partial charge in [-0.15, -0.1) is 11.3 Å². The number of carbonyl (C=O) groups excluding carboxylic acids is 3. The molecule has 12 heteroatoms. The lowest BCUT2D eigenvalue weighted by atomic mass is 9.98. The fourth-order valence-corrected chi connectivity index (χ4v) is 5.35. The van der Waals surface area contributed by atoms with E-state index in [2.05, 4.69) is 10.3 Å². The van der Waals surface area contributed by atoms with Gasteiger partial charge in [-0.1, -0.05) is 0 Å². The van der Waals surface area contributed by atoms with E-state index in [0.717, 1.165) is 11.3 Å². The first kappa shape index (κ1) is 22.8. The van der Waals surface area contributed by atoms with Crippen LogP contribution in [0.4, 0.5) is 5.00 Å². The summed E-state index contributed by atoms with van der Waals surface area (Å²) in [4.78, 5) is 40.1. The number of piperidine rings is 1. The van der Waals surface area contributed by atoms with Crippen molar-refractivity contribution in [2.45, 2.75) is 30.8 Å². The van der Waals surface area contributed by atoms with E-state index < -0.39 is 39.8 Å². The second kappa shape index (κ2) is 9.54. The normalized spacial score (nSPS) is 16.4. The number of pyridine rings is 1. The highest BCUT2D eigenvalue weighted by Gasteiger charge is 2.34. The van der Waals surface area contributed by atoms with E-state index in [1.807, 2.05) is 0 Å². The number of amides is 2. The molecule has 3 rings (SSSR count). The minimum absolute atomic E-state index is 0.102. The van der Waals surface area contributed by atoms with Crippen molar-refractivity contribution in [3.05, 3.63) is 41.5 Å². The van der Waals surface area contributed by atoms with Crippen molar-refractivity contribution >= 4 is 44.1 Å². The number of nitrogens with zero attached hydrogens (tertiary/aromatic N) is 2. The van der Waals surface area contributed by atoms with Gasteiger partial charge in [-0.2, -0.15) is 4.31 Å². The van der Waals surface area contributed by atoms with E-state index in [1.54, 1.807) is 11.4 Å². The Kier molecular flexibility index (Phi) is 7.03. The Morgan fingerprint density at radius 3 is 2.61 bits per heavy atom. The van der Waals surface area contributed by atoms with Crippen molar-refractivity contribution in [1.29, 1.82) is 0 Å². The van der Waals surface area contributed by atoms with E-state index >= 15 is 0 Å². The van der Waals surface area contributed by atoms with Crippen LogP contribution >= 0.6 is 11.3 Å². The van der Waals surface area contributed by atoms with Crippen molar-refractivity contribution in [2.24, 2.45) is 11.7 Å². The van der Waals surface area contributed by atoms with Gasteiger partial charge in [0.05, 0.1) is 11.5 Å². The number of esters is 1. The van der Waals surface area contributed by atoms with Gasteiger partial charge in [0.15, 0.2) is 6.10 Å². The van der Waals surface area contributed by atoms with E-state index in [9.17, 15) is 22.8 Å². The molecular formula is C19H22N4O6S2. The van der Waals surface area contributed by atoms with E-state index in [-0.39, 0.29) is 41.4 Å². The Morgan fingerprint density at radius 1 is 1.29 bits per heavy atom. The number of carbonyl (C=O) groups is 3. The number of nitrogens with one attached hydrogen (secondary N) is 1. The third kappa shape index (κ3) is 5.27. The van der Waals surface area contributed by atoms with Crippen molar-refractivity contribution in [3.8, 4) is 0 Å². The van der Waals surface area contributed by atoms with Gasteiger partial charge in [0.1, 0.15) is 9.90 Å². The van der Waals surface area contributed by atoms with Crippen LogP contribution in [-0.4, -0.2) is 54.7 Å². The predicted octanol–water partition coefficient (Wildman–Crippen LogP) is 1.21. The number of anilines is 1. The molecule has 0 bridgehead atoms. The van der Waals surface area contributed by atoms with Crippen molar-refractivity contribution in [1.82, 2.24) is 9.29 Å². The summed E-state index contributed by atoms with van der Waals surface area (Å²) in [5.41, 5.74) is 5.43. The lowest BCUT2D eigenvalue weighted by Gasteiger charge is -2.30. The van der Waals surface area contributed by atoms with Crippen LogP contribution < -0.4 is 11.1 Å². The van der Waals surface area contributed by atoms with Gasteiger partial charge >= 0.3 is 5.97 Å². The highest BCUT2D eigenvalue weighted by molar-refractivity contribution is 7.89. The smallest absolute Gasteiger partial charge is 0.309 e. The number of nitrogens with two attached hydrogens (primary N) is 1. The van der Waals surface area contributed by atoms with Crippen LogP contribution in [-0.2, 0) is 24.3 Å². The Balaban J connectivity index is 1.53. The van der Waals surface area contributed by atoms with E-state index in [0.29, 0.717) is 0 Å². The number of rotatable bonds is 7. The highest BCUT2D eigenvalue weighted by atomic mass is 32.2. The predicted molar refractivity (Wildman–Crippen MR) is 113 cm³/mol. The SMILES string of the molecule is CC(OC(=O)C1CCN(S(=O)(=O)c2cccnc2)CC1)C(=O)Nc1sccc1C(N)=O. The third-order valence-electron chi connectivity index (χ3n) is 4.89. The summed E-state index contributed by atoms with van der Waals surface area (Å²) in [6.45, 7) is 1.75. The Morgan fingerprint density at radius 2 is 2.00 bits per heavy atom. The first-order valence-corrected chi connectivity index (χ1v) is 11.8. The maximum atomic E-state index is 12.6. The molecule has 0 spiro atoms. The molecule has 1 atom stereocenters. The molecule has 2 aromatic heterocycles. The summed E-state index contributed by atoms with van der Waals surface area (Å²) >= 11 is 1.13. The molecule has 1 unspecified atom stereocenters. The fraction of sp³-hybridized carbons (Fsp3) is 0.368. The molecule has 2 amide bonds. The minimum Gasteiger partial charge on any atom is -0.452 e. The lowest BCUT2D eigenvalue weighted by Crippen LogP contribution is -2.41. The zero-order valence-electron chi connectivity index (χ0n) is 16.7. The zero-order valence-corrected chi connectivity index (χ0v) is 18.3. The number of ether oxygens (including phenoxy) is 1. The Bertz CT molecular complexity index is 1060. The van der Waals surface area contributed by atoms with Gasteiger partial charge in [0.25, 0.3) is 11.8 Å². The van der Waals surface area contributed by atoms with E-state index in [4.69, 9.17) is 10.5 Å². The summed E-state index contributed by atoms with van der Waals surface area (Å²) in [5.74, 6) is -2.34. The molecule has 1 aliphatic rings. The van der Waals surface area contributed by atoms with Gasteiger partial charge in [0, 0.05) is 25.5 Å². The number of hydrogen-bond donors (Lipinski definition) is 2. The average Bonchev–Trinajstić information content (AvgIpc) is 3.22. The van der Waals surface area contributed by atoms with Crippen molar-refractivity contribution < 1.29 is 27.5 Å². The first-order chi connectivity index (χ1) is 14.7. The Labute approximate surface area is 183 Å². The molecule has 3 heterocycles. The Hall–Kier alpha value is -2.83. The molecule has 1 fully saturated rings. The standard InChI is InChI=1S/C19H22N4O6S2/c1-12(17(25)22-18-15(16(20)24)6-10-30-18)29-19(26)13-4-8-23(9-5-13)31(27,28)14-3-2-7-21-11-14/h2-3,6-7,10-13H,4-5,8-9H2,1H3,(H2,20,24)(H,22,25). The molecule has 0 aromatic carbocycles. The van der Waals surface area contributed by atoms with Crippen LogP contribution in [0, 0.1) is 5.92 Å². The molecular weight excluding hydrogens is 444 g/mol. The zero-order chi connectivity index (χ0) is 22.6. The maximum absolute atomic E-state index is 12.6. The van der Waals surface area contributed by atoms with Crippen LogP contribution in [0.1, 0.15) is 30.1 Å². The number of thiophene rings is 1. The molecule has 166 valence electrons. The molecule has 1 aliphatic heterocycles. The van der Waals surface area contributed by atoms with Crippen LogP contribution in [0.25, 0.3) is 0 Å². The fourth-order valence-electron chi connectivity index (χ4n) is 3.12. The molecule has 0 saturated carbocycles. The second-order valence-corrected chi connectivity index (χ2v) is 9.82. The molecule has 2 aromatic rings. The van der Waals surface area contributed by atoms with Crippen molar-refractivity contribution in [2.75, 3.05) is 18.4 Å². The molecule has 0 radical (unpaired) electrons. The molecule has 0 aliphatic carbocycles. The van der Waals surface area contributed by atoms with Crippen LogP contribution in [0.3, 0.4) is 0 Å². The summed E-state index contributed by atoms with van der Waals surface area (Å²) in [6, 6.07) is 4.51. The molecule has 31 heavy (non-hydrogen) atoms. The summed E-state index contributed by atoms with van der Waals surface area (Å²) < 4.78 is 31.9. The minimum atomic E-state index is -3.67. The third-order valence-corrected chi connectivity index (χ3v) is 7.60. The van der Waals surface area contributed by atoms with Gasteiger partial charge in [-0.05, 0) is 43.3 Å². The van der Waals surface area contributed by atoms with Crippen LogP contribution in [0.15, 0.2) is 40.9 Å². The van der Waals surface area contributed by atoms with Crippen LogP contribution in [0.2, 0.25) is 0 Å². The monoisotopic (exact) mass is 466 g/mol. The quantitative estimate of drug-likeness (QED) is 0.583. The van der Waals surface area contributed by atoms with Crippen LogP contribution in [0.5, 0.6) is 0 Å². The topological polar surface area (TPSA) is 149 Å². The summed E-state index contributed by atoms with van der Waals surface area (Å²) in [6.07, 6.45) is 2.25. The van der Waals surface area contributed by atoms with Gasteiger partial charge in [-0.3, -0.25) is 19.4 Å².